The fourth-order valence-electron chi connectivity index (χ4n) is 2.70. The number of carbonyl (C=O) groups excluding carboxylic acids is 3. The van der Waals surface area contributed by atoms with Crippen molar-refractivity contribution in [2.45, 2.75) is 6.54 Å². The standard InChI is InChI=1S/C21H17BrFNO6S/c1-28-16-7-13(14(22)9-17(16)30-11-19(25)29-2)8-18-20(26)24(21(27)31-18)10-12-5-3-4-6-15(12)23/h3-9H,10-11H2,1-2H3/b18-8-. The molecule has 2 aromatic rings. The monoisotopic (exact) mass is 509 g/mol. The lowest BCUT2D eigenvalue weighted by Crippen LogP contribution is -2.27. The molecule has 0 saturated carbocycles. The number of thioether (sulfide) groups is 1. The van der Waals surface area contributed by atoms with Gasteiger partial charge in [-0.1, -0.05) is 34.1 Å². The number of rotatable bonds is 7. The largest absolute Gasteiger partial charge is 0.493 e. The summed E-state index contributed by atoms with van der Waals surface area (Å²) in [5, 5.41) is -0.486. The van der Waals surface area contributed by atoms with Crippen molar-refractivity contribution in [2.24, 2.45) is 0 Å². The number of methoxy groups -OCH3 is 2. The third-order valence-corrected chi connectivity index (χ3v) is 5.90. The Morgan fingerprint density at radius 2 is 1.94 bits per heavy atom. The lowest BCUT2D eigenvalue weighted by molar-refractivity contribution is -0.142. The number of imide groups is 1. The zero-order valence-electron chi connectivity index (χ0n) is 16.5. The molecular weight excluding hydrogens is 493 g/mol. The van der Waals surface area contributed by atoms with Gasteiger partial charge in [-0.3, -0.25) is 14.5 Å². The molecule has 162 valence electrons. The first-order valence-corrected chi connectivity index (χ1v) is 10.5. The molecule has 1 fully saturated rings. The van der Waals surface area contributed by atoms with Crippen LogP contribution >= 0.6 is 27.7 Å². The van der Waals surface area contributed by atoms with Crippen LogP contribution < -0.4 is 9.47 Å². The fraction of sp³-hybridized carbons (Fsp3) is 0.190. The van der Waals surface area contributed by atoms with Gasteiger partial charge >= 0.3 is 5.97 Å². The minimum atomic E-state index is -0.550. The van der Waals surface area contributed by atoms with Crippen LogP contribution in [0, 0.1) is 5.82 Å². The van der Waals surface area contributed by atoms with E-state index in [2.05, 4.69) is 20.7 Å². The summed E-state index contributed by atoms with van der Waals surface area (Å²) in [5.41, 5.74) is 0.805. The van der Waals surface area contributed by atoms with Crippen molar-refractivity contribution in [1.82, 2.24) is 4.90 Å². The topological polar surface area (TPSA) is 82.1 Å². The molecule has 0 spiro atoms. The van der Waals surface area contributed by atoms with E-state index in [1.165, 1.54) is 38.5 Å². The van der Waals surface area contributed by atoms with Gasteiger partial charge in [0.2, 0.25) is 0 Å². The third-order valence-electron chi connectivity index (χ3n) is 4.30. The lowest BCUT2D eigenvalue weighted by Gasteiger charge is -2.13. The molecule has 10 heteroatoms. The maximum absolute atomic E-state index is 13.9. The minimum Gasteiger partial charge on any atom is -0.493 e. The van der Waals surface area contributed by atoms with Gasteiger partial charge in [0.25, 0.3) is 11.1 Å². The summed E-state index contributed by atoms with van der Waals surface area (Å²) in [6.07, 6.45) is 1.53. The molecule has 1 aliphatic heterocycles. The van der Waals surface area contributed by atoms with Crippen LogP contribution in [0.15, 0.2) is 45.8 Å². The first kappa shape index (κ1) is 22.8. The van der Waals surface area contributed by atoms with Gasteiger partial charge in [-0.15, -0.1) is 0 Å². The molecule has 0 aliphatic carbocycles. The Labute approximate surface area is 190 Å². The van der Waals surface area contributed by atoms with E-state index in [0.29, 0.717) is 21.5 Å². The summed E-state index contributed by atoms with van der Waals surface area (Å²) in [6, 6.07) is 9.16. The molecule has 7 nitrogen and oxygen atoms in total. The highest BCUT2D eigenvalue weighted by Crippen LogP contribution is 2.38. The third kappa shape index (κ3) is 5.26. The SMILES string of the molecule is COC(=O)COc1cc(Br)c(/C=C2\SC(=O)N(Cc3ccccc3F)C2=O)cc1OC. The highest BCUT2D eigenvalue weighted by molar-refractivity contribution is 9.10. The molecule has 0 radical (unpaired) electrons. The first-order valence-electron chi connectivity index (χ1n) is 8.90. The van der Waals surface area contributed by atoms with Crippen molar-refractivity contribution in [1.29, 1.82) is 0 Å². The van der Waals surface area contributed by atoms with Gasteiger partial charge in [-0.25, -0.2) is 9.18 Å². The molecule has 2 amide bonds. The van der Waals surface area contributed by atoms with E-state index >= 15 is 0 Å². The van der Waals surface area contributed by atoms with Gasteiger partial charge in [0.05, 0.1) is 25.7 Å². The molecule has 0 aromatic heterocycles. The fourth-order valence-corrected chi connectivity index (χ4v) is 3.97. The van der Waals surface area contributed by atoms with E-state index in [0.717, 1.165) is 16.7 Å². The summed E-state index contributed by atoms with van der Waals surface area (Å²) in [7, 11) is 2.68. The highest BCUT2D eigenvalue weighted by Gasteiger charge is 2.35. The summed E-state index contributed by atoms with van der Waals surface area (Å²) in [6.45, 7) is -0.451. The number of halogens is 2. The summed E-state index contributed by atoms with van der Waals surface area (Å²) >= 11 is 4.16. The smallest absolute Gasteiger partial charge is 0.343 e. The summed E-state index contributed by atoms with van der Waals surface area (Å²) < 4.78 is 29.7. The first-order chi connectivity index (χ1) is 14.8. The second-order valence-corrected chi connectivity index (χ2v) is 8.10. The Bertz CT molecular complexity index is 1070. The van der Waals surface area contributed by atoms with E-state index in [4.69, 9.17) is 9.47 Å². The Morgan fingerprint density at radius 1 is 1.19 bits per heavy atom. The van der Waals surface area contributed by atoms with E-state index < -0.39 is 22.9 Å². The zero-order valence-corrected chi connectivity index (χ0v) is 18.9. The van der Waals surface area contributed by atoms with E-state index in [1.54, 1.807) is 18.2 Å². The maximum Gasteiger partial charge on any atom is 0.343 e. The van der Waals surface area contributed by atoms with Crippen molar-refractivity contribution in [3.8, 4) is 11.5 Å². The van der Waals surface area contributed by atoms with Gasteiger partial charge in [0.15, 0.2) is 18.1 Å². The number of carbonyl (C=O) groups is 3. The zero-order chi connectivity index (χ0) is 22.5. The molecule has 0 unspecified atom stereocenters. The van der Waals surface area contributed by atoms with E-state index in [-0.39, 0.29) is 23.6 Å². The van der Waals surface area contributed by atoms with Crippen molar-refractivity contribution >= 4 is 50.9 Å². The number of ether oxygens (including phenoxy) is 3. The van der Waals surface area contributed by atoms with Crippen LogP contribution in [-0.4, -0.2) is 42.8 Å². The molecule has 0 atom stereocenters. The van der Waals surface area contributed by atoms with E-state index in [1.807, 2.05) is 0 Å². The molecule has 2 aromatic carbocycles. The molecule has 1 heterocycles. The predicted octanol–water partition coefficient (Wildman–Crippen LogP) is 4.39. The van der Waals surface area contributed by atoms with Crippen molar-refractivity contribution in [3.63, 3.8) is 0 Å². The normalized spacial score (nSPS) is 14.8. The van der Waals surface area contributed by atoms with Crippen molar-refractivity contribution in [2.75, 3.05) is 20.8 Å². The van der Waals surface area contributed by atoms with Crippen LogP contribution in [0.4, 0.5) is 9.18 Å². The van der Waals surface area contributed by atoms with Crippen LogP contribution in [0.2, 0.25) is 0 Å². The highest BCUT2D eigenvalue weighted by atomic mass is 79.9. The average molecular weight is 510 g/mol. The van der Waals surface area contributed by atoms with Crippen LogP contribution in [0.5, 0.6) is 11.5 Å². The molecule has 31 heavy (non-hydrogen) atoms. The second kappa shape index (κ2) is 9.97. The number of amides is 2. The summed E-state index contributed by atoms with van der Waals surface area (Å²) in [5.74, 6) is -0.935. The van der Waals surface area contributed by atoms with E-state index in [9.17, 15) is 18.8 Å². The van der Waals surface area contributed by atoms with Crippen LogP contribution in [-0.2, 0) is 20.9 Å². The minimum absolute atomic E-state index is 0.153. The van der Waals surface area contributed by atoms with Gasteiger partial charge in [0, 0.05) is 10.0 Å². The molecular formula is C21H17BrFNO6S. The number of esters is 1. The Kier molecular flexibility index (Phi) is 7.34. The van der Waals surface area contributed by atoms with Gasteiger partial charge < -0.3 is 14.2 Å². The van der Waals surface area contributed by atoms with Crippen molar-refractivity contribution in [3.05, 3.63) is 62.7 Å². The predicted molar refractivity (Wildman–Crippen MR) is 116 cm³/mol. The van der Waals surface area contributed by atoms with Gasteiger partial charge in [-0.2, -0.15) is 0 Å². The van der Waals surface area contributed by atoms with Gasteiger partial charge in [0.1, 0.15) is 5.82 Å². The van der Waals surface area contributed by atoms with Crippen LogP contribution in [0.3, 0.4) is 0 Å². The Hall–Kier alpha value is -2.85. The Morgan fingerprint density at radius 3 is 2.61 bits per heavy atom. The molecule has 0 bridgehead atoms. The number of hydrogen-bond donors (Lipinski definition) is 0. The van der Waals surface area contributed by atoms with Gasteiger partial charge in [-0.05, 0) is 41.6 Å². The van der Waals surface area contributed by atoms with Crippen LogP contribution in [0.25, 0.3) is 6.08 Å². The Balaban J connectivity index is 1.84. The maximum atomic E-state index is 13.9. The number of nitrogens with zero attached hydrogens (tertiary/aromatic N) is 1. The molecule has 1 saturated heterocycles. The molecule has 0 N–H and O–H groups in total. The van der Waals surface area contributed by atoms with Crippen LogP contribution in [0.1, 0.15) is 11.1 Å². The lowest BCUT2D eigenvalue weighted by atomic mass is 10.1. The number of hydrogen-bond acceptors (Lipinski definition) is 7. The molecule has 1 aliphatic rings. The quantitative estimate of drug-likeness (QED) is 0.404. The van der Waals surface area contributed by atoms with Crippen molar-refractivity contribution < 1.29 is 33.0 Å². The summed E-state index contributed by atoms with van der Waals surface area (Å²) in [4.78, 5) is 37.6. The molecule has 3 rings (SSSR count). The average Bonchev–Trinajstić information content (AvgIpc) is 3.02. The number of benzene rings is 2. The second-order valence-electron chi connectivity index (χ2n) is 6.25.